The summed E-state index contributed by atoms with van der Waals surface area (Å²) in [4.78, 5) is 15.6. The number of carbonyl (C=O) groups excluding carboxylic acids is 1. The Morgan fingerprint density at radius 2 is 1.68 bits per heavy atom. The van der Waals surface area contributed by atoms with Crippen LogP contribution in [0.25, 0.3) is 0 Å². The first-order valence-corrected chi connectivity index (χ1v) is 8.78. The van der Waals surface area contributed by atoms with Gasteiger partial charge in [0.05, 0.1) is 0 Å². The lowest BCUT2D eigenvalue weighted by atomic mass is 10.2. The zero-order chi connectivity index (χ0) is 19.5. The summed E-state index contributed by atoms with van der Waals surface area (Å²) in [5.41, 5.74) is 1.82. The van der Waals surface area contributed by atoms with Gasteiger partial charge in [0, 0.05) is 26.7 Å². The second-order valence-electron chi connectivity index (χ2n) is 5.80. The number of amides is 1. The third-order valence-electron chi connectivity index (χ3n) is 3.67. The van der Waals surface area contributed by atoms with Crippen molar-refractivity contribution in [3.8, 4) is 5.75 Å². The summed E-state index contributed by atoms with van der Waals surface area (Å²) < 4.78 is 18.7. The Morgan fingerprint density at radius 3 is 2.29 bits per heavy atom. The molecule has 0 aromatic heterocycles. The monoisotopic (exact) mass is 500 g/mol. The van der Waals surface area contributed by atoms with E-state index in [-0.39, 0.29) is 42.3 Å². The minimum Gasteiger partial charge on any atom is -0.484 e. The molecule has 0 aliphatic heterocycles. The van der Waals surface area contributed by atoms with E-state index >= 15 is 0 Å². The highest BCUT2D eigenvalue weighted by atomic mass is 127. The second kappa shape index (κ2) is 12.9. The van der Waals surface area contributed by atoms with Crippen LogP contribution in [0.2, 0.25) is 0 Å². The molecule has 0 radical (unpaired) electrons. The van der Waals surface area contributed by atoms with Gasteiger partial charge < -0.3 is 20.7 Å². The predicted octanol–water partition coefficient (Wildman–Crippen LogP) is 2.82. The highest BCUT2D eigenvalue weighted by molar-refractivity contribution is 14.0. The van der Waals surface area contributed by atoms with Crippen molar-refractivity contribution in [3.63, 3.8) is 0 Å². The molecule has 0 bridgehead atoms. The van der Waals surface area contributed by atoms with Crippen LogP contribution in [0, 0.1) is 5.82 Å². The van der Waals surface area contributed by atoms with Crippen molar-refractivity contribution in [1.82, 2.24) is 16.0 Å². The van der Waals surface area contributed by atoms with Gasteiger partial charge in [-0.1, -0.05) is 24.3 Å². The molecule has 2 rings (SSSR count). The Hall–Kier alpha value is -2.36. The van der Waals surface area contributed by atoms with E-state index < -0.39 is 0 Å². The van der Waals surface area contributed by atoms with E-state index in [2.05, 4.69) is 20.9 Å². The first-order chi connectivity index (χ1) is 13.1. The normalized spacial score (nSPS) is 10.6. The Labute approximate surface area is 182 Å². The topological polar surface area (TPSA) is 74.8 Å². The molecule has 28 heavy (non-hydrogen) atoms. The number of likely N-dealkylation sites (N-methyl/N-ethyl adjacent to an activating group) is 1. The summed E-state index contributed by atoms with van der Waals surface area (Å²) in [7, 11) is 1.67. The minimum absolute atomic E-state index is 0. The van der Waals surface area contributed by atoms with Crippen molar-refractivity contribution in [2.45, 2.75) is 20.0 Å². The predicted molar refractivity (Wildman–Crippen MR) is 119 cm³/mol. The smallest absolute Gasteiger partial charge is 0.257 e. The number of nitrogens with zero attached hydrogens (tertiary/aromatic N) is 1. The average molecular weight is 500 g/mol. The van der Waals surface area contributed by atoms with E-state index in [0.29, 0.717) is 31.3 Å². The molecule has 0 fully saturated rings. The maximum Gasteiger partial charge on any atom is 0.257 e. The van der Waals surface area contributed by atoms with Gasteiger partial charge in [0.2, 0.25) is 0 Å². The molecule has 0 atom stereocenters. The molecule has 0 saturated carbocycles. The molecule has 6 nitrogen and oxygen atoms in total. The lowest BCUT2D eigenvalue weighted by molar-refractivity contribution is -0.122. The van der Waals surface area contributed by atoms with Gasteiger partial charge in [-0.15, -0.1) is 24.0 Å². The molecule has 0 aliphatic rings. The Bertz CT molecular complexity index is 786. The number of carbonyl (C=O) groups is 1. The molecule has 1 amide bonds. The molecular weight excluding hydrogens is 474 g/mol. The quantitative estimate of drug-likeness (QED) is 0.296. The molecule has 3 N–H and O–H groups in total. The fourth-order valence-electron chi connectivity index (χ4n) is 2.38. The highest BCUT2D eigenvalue weighted by Crippen LogP contribution is 2.13. The molecule has 8 heteroatoms. The molecule has 0 unspecified atom stereocenters. The molecule has 2 aromatic rings. The van der Waals surface area contributed by atoms with Crippen LogP contribution in [0.15, 0.2) is 53.5 Å². The summed E-state index contributed by atoms with van der Waals surface area (Å²) in [6.45, 7) is 3.42. The van der Waals surface area contributed by atoms with Gasteiger partial charge in [0.1, 0.15) is 11.6 Å². The fourth-order valence-corrected chi connectivity index (χ4v) is 2.38. The third kappa shape index (κ3) is 8.55. The number of hydrogen-bond acceptors (Lipinski definition) is 3. The SMILES string of the molecule is CCNC(=O)COc1cccc(CNC(=NC)NCc2cccc(F)c2)c1.I. The van der Waals surface area contributed by atoms with Crippen LogP contribution < -0.4 is 20.7 Å². The maximum absolute atomic E-state index is 13.2. The van der Waals surface area contributed by atoms with Crippen LogP contribution in [-0.4, -0.2) is 32.1 Å². The lowest BCUT2D eigenvalue weighted by Crippen LogP contribution is -2.36. The Kier molecular flexibility index (Phi) is 10.9. The molecule has 2 aromatic carbocycles. The zero-order valence-electron chi connectivity index (χ0n) is 16.0. The van der Waals surface area contributed by atoms with Gasteiger partial charge in [-0.25, -0.2) is 4.39 Å². The second-order valence-corrected chi connectivity index (χ2v) is 5.80. The number of aliphatic imine (C=N–C) groups is 1. The summed E-state index contributed by atoms with van der Waals surface area (Å²) in [5.74, 6) is 0.820. The summed E-state index contributed by atoms with van der Waals surface area (Å²) >= 11 is 0. The lowest BCUT2D eigenvalue weighted by Gasteiger charge is -2.13. The van der Waals surface area contributed by atoms with Gasteiger partial charge in [-0.3, -0.25) is 9.79 Å². The summed E-state index contributed by atoms with van der Waals surface area (Å²) in [6, 6.07) is 13.9. The first kappa shape index (κ1) is 23.7. The van der Waals surface area contributed by atoms with E-state index in [1.807, 2.05) is 31.2 Å². The van der Waals surface area contributed by atoms with Crippen molar-refractivity contribution < 1.29 is 13.9 Å². The Balaban J connectivity index is 0.00000392. The van der Waals surface area contributed by atoms with Gasteiger partial charge in [0.15, 0.2) is 12.6 Å². The molecule has 0 aliphatic carbocycles. The van der Waals surface area contributed by atoms with Crippen LogP contribution in [0.1, 0.15) is 18.1 Å². The van der Waals surface area contributed by atoms with E-state index in [4.69, 9.17) is 4.74 Å². The maximum atomic E-state index is 13.2. The van der Waals surface area contributed by atoms with Crippen LogP contribution in [-0.2, 0) is 17.9 Å². The molecule has 0 spiro atoms. The number of ether oxygens (including phenoxy) is 1. The number of nitrogens with one attached hydrogen (secondary N) is 3. The molecular formula is C20H26FIN4O2. The van der Waals surface area contributed by atoms with Crippen molar-refractivity contribution in [2.24, 2.45) is 4.99 Å². The number of halogens is 2. The van der Waals surface area contributed by atoms with Crippen LogP contribution >= 0.6 is 24.0 Å². The number of hydrogen-bond donors (Lipinski definition) is 3. The van der Waals surface area contributed by atoms with Crippen LogP contribution in [0.4, 0.5) is 4.39 Å². The molecule has 0 saturated heterocycles. The van der Waals surface area contributed by atoms with Gasteiger partial charge in [-0.2, -0.15) is 0 Å². The van der Waals surface area contributed by atoms with Crippen LogP contribution in [0.3, 0.4) is 0 Å². The molecule has 0 heterocycles. The highest BCUT2D eigenvalue weighted by Gasteiger charge is 2.04. The van der Waals surface area contributed by atoms with Gasteiger partial charge in [0.25, 0.3) is 5.91 Å². The van der Waals surface area contributed by atoms with E-state index in [0.717, 1.165) is 11.1 Å². The minimum atomic E-state index is -0.262. The van der Waals surface area contributed by atoms with Gasteiger partial charge in [-0.05, 0) is 42.3 Å². The van der Waals surface area contributed by atoms with Crippen molar-refractivity contribution in [1.29, 1.82) is 0 Å². The number of benzene rings is 2. The fraction of sp³-hybridized carbons (Fsp3) is 0.300. The third-order valence-corrected chi connectivity index (χ3v) is 3.67. The first-order valence-electron chi connectivity index (χ1n) is 8.78. The van der Waals surface area contributed by atoms with E-state index in [1.54, 1.807) is 19.2 Å². The average Bonchev–Trinajstić information content (AvgIpc) is 2.67. The molecule has 152 valence electrons. The zero-order valence-corrected chi connectivity index (χ0v) is 18.3. The van der Waals surface area contributed by atoms with Gasteiger partial charge >= 0.3 is 0 Å². The largest absolute Gasteiger partial charge is 0.484 e. The number of rotatable bonds is 8. The summed E-state index contributed by atoms with van der Waals surface area (Å²) in [6.07, 6.45) is 0. The Morgan fingerprint density at radius 1 is 1.04 bits per heavy atom. The van der Waals surface area contributed by atoms with Crippen molar-refractivity contribution >= 4 is 35.8 Å². The number of guanidine groups is 1. The summed E-state index contributed by atoms with van der Waals surface area (Å²) in [5, 5.41) is 9.02. The van der Waals surface area contributed by atoms with Crippen LogP contribution in [0.5, 0.6) is 5.75 Å². The standard InChI is InChI=1S/C20H25FN4O2.HI/c1-3-23-19(26)14-27-18-9-5-7-16(11-18)13-25-20(22-2)24-12-15-6-4-8-17(21)10-15;/h4-11H,3,12-14H2,1-2H3,(H,23,26)(H2,22,24,25);1H. The van der Waals surface area contributed by atoms with Crippen molar-refractivity contribution in [2.75, 3.05) is 20.2 Å². The van der Waals surface area contributed by atoms with E-state index in [9.17, 15) is 9.18 Å². The van der Waals surface area contributed by atoms with Crippen molar-refractivity contribution in [3.05, 3.63) is 65.5 Å². The van der Waals surface area contributed by atoms with E-state index in [1.165, 1.54) is 12.1 Å².